The molecular weight excluding hydrogens is 216 g/mol. The van der Waals surface area contributed by atoms with Crippen molar-refractivity contribution in [3.05, 3.63) is 12.7 Å². The van der Waals surface area contributed by atoms with Gasteiger partial charge >= 0.3 is 0 Å². The van der Waals surface area contributed by atoms with Crippen molar-refractivity contribution in [2.45, 2.75) is 26.2 Å². The van der Waals surface area contributed by atoms with E-state index >= 15 is 0 Å². The Hall–Kier alpha value is -1.16. The van der Waals surface area contributed by atoms with Crippen molar-refractivity contribution in [1.29, 1.82) is 0 Å². The first-order valence-electron chi connectivity index (χ1n) is 6.09. The van der Waals surface area contributed by atoms with Gasteiger partial charge in [0.25, 0.3) is 0 Å². The molecular formula is C13H25N2O2+. The first-order chi connectivity index (χ1) is 7.87. The summed E-state index contributed by atoms with van der Waals surface area (Å²) in [5, 5.41) is 2.76. The van der Waals surface area contributed by atoms with Crippen LogP contribution >= 0.6 is 0 Å². The van der Waals surface area contributed by atoms with Gasteiger partial charge in [0.15, 0.2) is 0 Å². The van der Waals surface area contributed by atoms with Crippen LogP contribution in [0.3, 0.4) is 0 Å². The minimum absolute atomic E-state index is 0.119. The Morgan fingerprint density at radius 1 is 1.24 bits per heavy atom. The van der Waals surface area contributed by atoms with Crippen LogP contribution in [0.15, 0.2) is 12.7 Å². The average molecular weight is 241 g/mol. The summed E-state index contributed by atoms with van der Waals surface area (Å²) in [7, 11) is 4.30. The second-order valence-corrected chi connectivity index (χ2v) is 5.04. The van der Waals surface area contributed by atoms with Gasteiger partial charge in [-0.1, -0.05) is 6.58 Å². The van der Waals surface area contributed by atoms with Crippen molar-refractivity contribution in [1.82, 2.24) is 5.32 Å². The lowest BCUT2D eigenvalue weighted by atomic mass is 10.2. The standard InChI is InChI=1S/C13H24N2O2/c1-5-13(17)14-9-7-11-15(3,4)10-6-8-12(2)16/h5H,1,6-11H2,2-4H3/p+1. The minimum atomic E-state index is -0.119. The fourth-order valence-electron chi connectivity index (χ4n) is 1.66. The molecule has 1 amide bonds. The largest absolute Gasteiger partial charge is 0.352 e. The molecule has 98 valence electrons. The summed E-state index contributed by atoms with van der Waals surface area (Å²) in [5.41, 5.74) is 0. The van der Waals surface area contributed by atoms with Gasteiger partial charge in [0.05, 0.1) is 27.2 Å². The van der Waals surface area contributed by atoms with E-state index < -0.39 is 0 Å². The lowest BCUT2D eigenvalue weighted by Gasteiger charge is -2.29. The molecule has 0 bridgehead atoms. The van der Waals surface area contributed by atoms with E-state index in [-0.39, 0.29) is 11.7 Å². The van der Waals surface area contributed by atoms with Crippen LogP contribution in [0.2, 0.25) is 0 Å². The third kappa shape index (κ3) is 9.75. The second-order valence-electron chi connectivity index (χ2n) is 5.04. The Morgan fingerprint density at radius 2 is 1.82 bits per heavy atom. The summed E-state index contributed by atoms with van der Waals surface area (Å²) in [6.45, 7) is 7.70. The molecule has 1 N–H and O–H groups in total. The SMILES string of the molecule is C=CC(=O)NCCC[N+](C)(C)CCCC(C)=O. The lowest BCUT2D eigenvalue weighted by molar-refractivity contribution is -0.890. The van der Waals surface area contributed by atoms with E-state index in [0.717, 1.165) is 30.4 Å². The predicted octanol–water partition coefficient (Wildman–Crippen LogP) is 1.12. The molecule has 0 aromatic carbocycles. The topological polar surface area (TPSA) is 46.2 Å². The highest BCUT2D eigenvalue weighted by molar-refractivity contribution is 5.86. The molecule has 0 unspecified atom stereocenters. The third-order valence-electron chi connectivity index (χ3n) is 2.72. The van der Waals surface area contributed by atoms with E-state index in [1.807, 2.05) is 0 Å². The van der Waals surface area contributed by atoms with Crippen LogP contribution in [0.5, 0.6) is 0 Å². The van der Waals surface area contributed by atoms with Crippen molar-refractivity contribution in [2.24, 2.45) is 0 Å². The maximum absolute atomic E-state index is 10.9. The van der Waals surface area contributed by atoms with Crippen molar-refractivity contribution in [3.8, 4) is 0 Å². The number of carbonyl (C=O) groups excluding carboxylic acids is 2. The van der Waals surface area contributed by atoms with Crippen LogP contribution < -0.4 is 5.32 Å². The van der Waals surface area contributed by atoms with E-state index in [2.05, 4.69) is 26.0 Å². The number of nitrogens with one attached hydrogen (secondary N) is 1. The van der Waals surface area contributed by atoms with E-state index in [9.17, 15) is 9.59 Å². The molecule has 4 nitrogen and oxygen atoms in total. The molecule has 0 aliphatic carbocycles. The van der Waals surface area contributed by atoms with Crippen LogP contribution in [-0.4, -0.2) is 49.9 Å². The predicted molar refractivity (Wildman–Crippen MR) is 69.6 cm³/mol. The Morgan fingerprint density at radius 3 is 2.35 bits per heavy atom. The monoisotopic (exact) mass is 241 g/mol. The number of amides is 1. The van der Waals surface area contributed by atoms with Gasteiger partial charge < -0.3 is 14.6 Å². The first-order valence-corrected chi connectivity index (χ1v) is 6.09. The van der Waals surface area contributed by atoms with E-state index in [1.54, 1.807) is 6.92 Å². The van der Waals surface area contributed by atoms with Gasteiger partial charge in [0.2, 0.25) is 5.91 Å². The summed E-state index contributed by atoms with van der Waals surface area (Å²) in [4.78, 5) is 21.7. The molecule has 0 fully saturated rings. The number of hydrogen-bond acceptors (Lipinski definition) is 2. The number of nitrogens with zero attached hydrogens (tertiary/aromatic N) is 1. The smallest absolute Gasteiger partial charge is 0.243 e. The lowest BCUT2D eigenvalue weighted by Crippen LogP contribution is -2.42. The molecule has 17 heavy (non-hydrogen) atoms. The van der Waals surface area contributed by atoms with Gasteiger partial charge in [-0.3, -0.25) is 4.79 Å². The van der Waals surface area contributed by atoms with Gasteiger partial charge in [-0.25, -0.2) is 0 Å². The average Bonchev–Trinajstić information content (AvgIpc) is 2.23. The van der Waals surface area contributed by atoms with E-state index in [1.165, 1.54) is 6.08 Å². The van der Waals surface area contributed by atoms with Crippen molar-refractivity contribution < 1.29 is 14.1 Å². The van der Waals surface area contributed by atoms with E-state index in [0.29, 0.717) is 13.0 Å². The van der Waals surface area contributed by atoms with Gasteiger partial charge in [-0.2, -0.15) is 0 Å². The Balaban J connectivity index is 3.66. The first kappa shape index (κ1) is 15.8. The van der Waals surface area contributed by atoms with Gasteiger partial charge in [0, 0.05) is 25.8 Å². The molecule has 0 heterocycles. The summed E-state index contributed by atoms with van der Waals surface area (Å²) in [6, 6.07) is 0. The number of carbonyl (C=O) groups is 2. The van der Waals surface area contributed by atoms with Crippen molar-refractivity contribution in [3.63, 3.8) is 0 Å². The summed E-state index contributed by atoms with van der Waals surface area (Å²) in [6.07, 6.45) is 3.82. The molecule has 0 aliphatic heterocycles. The zero-order valence-corrected chi connectivity index (χ0v) is 11.3. The highest BCUT2D eigenvalue weighted by atomic mass is 16.1. The quantitative estimate of drug-likeness (QED) is 0.373. The van der Waals surface area contributed by atoms with Crippen LogP contribution in [-0.2, 0) is 9.59 Å². The van der Waals surface area contributed by atoms with Crippen LogP contribution in [0.4, 0.5) is 0 Å². The summed E-state index contributed by atoms with van der Waals surface area (Å²) in [5.74, 6) is 0.134. The summed E-state index contributed by atoms with van der Waals surface area (Å²) < 4.78 is 0.886. The fourth-order valence-corrected chi connectivity index (χ4v) is 1.66. The molecule has 0 rings (SSSR count). The summed E-state index contributed by atoms with van der Waals surface area (Å²) >= 11 is 0. The minimum Gasteiger partial charge on any atom is -0.352 e. The maximum atomic E-state index is 10.9. The molecule has 0 saturated carbocycles. The van der Waals surface area contributed by atoms with Gasteiger partial charge in [-0.05, 0) is 13.0 Å². The van der Waals surface area contributed by atoms with Gasteiger partial charge in [-0.15, -0.1) is 0 Å². The van der Waals surface area contributed by atoms with E-state index in [4.69, 9.17) is 0 Å². The zero-order valence-electron chi connectivity index (χ0n) is 11.3. The van der Waals surface area contributed by atoms with Crippen LogP contribution in [0.1, 0.15) is 26.2 Å². The molecule has 0 aromatic heterocycles. The van der Waals surface area contributed by atoms with Crippen LogP contribution in [0.25, 0.3) is 0 Å². The fraction of sp³-hybridized carbons (Fsp3) is 0.692. The molecule has 4 heteroatoms. The second kappa shape index (κ2) is 8.01. The van der Waals surface area contributed by atoms with Crippen LogP contribution in [0, 0.1) is 0 Å². The molecule has 0 atom stereocenters. The molecule has 0 saturated heterocycles. The number of ketones is 1. The number of Topliss-reactive ketones (excluding diaryl/α,β-unsaturated/α-hetero) is 1. The Labute approximate surface area is 104 Å². The number of hydrogen-bond donors (Lipinski definition) is 1. The number of quaternary nitrogens is 1. The Bertz CT molecular complexity index is 273. The Kier molecular flexibility index (Phi) is 7.46. The molecule has 0 spiro atoms. The highest BCUT2D eigenvalue weighted by Gasteiger charge is 2.14. The normalized spacial score (nSPS) is 11.0. The molecule has 0 radical (unpaired) electrons. The van der Waals surface area contributed by atoms with Crippen molar-refractivity contribution in [2.75, 3.05) is 33.7 Å². The van der Waals surface area contributed by atoms with Gasteiger partial charge in [0.1, 0.15) is 5.78 Å². The molecule has 0 aromatic rings. The highest BCUT2D eigenvalue weighted by Crippen LogP contribution is 2.03. The third-order valence-corrected chi connectivity index (χ3v) is 2.72. The maximum Gasteiger partial charge on any atom is 0.243 e. The zero-order chi connectivity index (χ0) is 13.3. The molecule has 0 aliphatic rings. The number of rotatable bonds is 9. The van der Waals surface area contributed by atoms with Crippen molar-refractivity contribution >= 4 is 11.7 Å².